The molecular formula is C18H31N3O4. The molecule has 0 aliphatic carbocycles. The first-order chi connectivity index (χ1) is 11.8. The Morgan fingerprint density at radius 3 is 2.24 bits per heavy atom. The quantitative estimate of drug-likeness (QED) is 0.533. The van der Waals surface area contributed by atoms with E-state index in [1.54, 1.807) is 12.5 Å². The van der Waals surface area contributed by atoms with E-state index in [-0.39, 0.29) is 12.3 Å². The predicted octanol–water partition coefficient (Wildman–Crippen LogP) is 2.40. The van der Waals surface area contributed by atoms with Crippen LogP contribution in [-0.4, -0.2) is 43.8 Å². The zero-order chi connectivity index (χ0) is 19.0. The summed E-state index contributed by atoms with van der Waals surface area (Å²) in [4.78, 5) is 27.2. The van der Waals surface area contributed by atoms with Crippen molar-refractivity contribution in [3.63, 3.8) is 0 Å². The van der Waals surface area contributed by atoms with Crippen LogP contribution in [0.25, 0.3) is 0 Å². The van der Waals surface area contributed by atoms with Gasteiger partial charge in [0.2, 0.25) is 0 Å². The first kappa shape index (κ1) is 21.2. The molecule has 0 bridgehead atoms. The average Bonchev–Trinajstić information content (AvgIpc) is 2.97. The predicted molar refractivity (Wildman–Crippen MR) is 95.4 cm³/mol. The van der Waals surface area contributed by atoms with Gasteiger partial charge in [-0.25, -0.2) is 4.98 Å². The fourth-order valence-corrected chi connectivity index (χ4v) is 2.89. The summed E-state index contributed by atoms with van der Waals surface area (Å²) >= 11 is 0. The zero-order valence-corrected chi connectivity index (χ0v) is 15.6. The van der Waals surface area contributed by atoms with Gasteiger partial charge in [-0.1, -0.05) is 40.5 Å². The molecule has 0 amide bonds. The van der Waals surface area contributed by atoms with Crippen molar-refractivity contribution < 1.29 is 19.8 Å². The molecule has 2 unspecified atom stereocenters. The van der Waals surface area contributed by atoms with Crippen molar-refractivity contribution in [1.29, 1.82) is 0 Å². The van der Waals surface area contributed by atoms with Crippen LogP contribution in [0.5, 0.6) is 0 Å². The van der Waals surface area contributed by atoms with Gasteiger partial charge in [0, 0.05) is 24.9 Å². The number of imidazole rings is 1. The second-order valence-corrected chi connectivity index (χ2v) is 7.00. The molecule has 142 valence electrons. The lowest BCUT2D eigenvalue weighted by Crippen LogP contribution is -2.49. The molecule has 0 aromatic carbocycles. The van der Waals surface area contributed by atoms with Gasteiger partial charge in [0.1, 0.15) is 12.1 Å². The molecule has 0 saturated carbocycles. The van der Waals surface area contributed by atoms with Gasteiger partial charge in [-0.15, -0.1) is 0 Å². The number of hydrogen-bond donors (Lipinski definition) is 3. The van der Waals surface area contributed by atoms with Gasteiger partial charge in [-0.2, -0.15) is 0 Å². The van der Waals surface area contributed by atoms with Gasteiger partial charge in [0.05, 0.1) is 6.33 Å². The van der Waals surface area contributed by atoms with E-state index < -0.39 is 24.0 Å². The zero-order valence-electron chi connectivity index (χ0n) is 15.6. The van der Waals surface area contributed by atoms with Crippen molar-refractivity contribution in [3.05, 3.63) is 18.2 Å². The standard InChI is InChI=1S/C18H31N3O4/c1-5-13(6-2)10-21-11-19-9-14(21)8-16(18(24)25)20-15(17(22)23)7-12(3)4/h9,11-13,15-16,20H,5-8,10H2,1-4H3,(H,22,23)(H,24,25). The molecule has 0 saturated heterocycles. The molecule has 7 nitrogen and oxygen atoms in total. The minimum absolute atomic E-state index is 0.156. The smallest absolute Gasteiger partial charge is 0.321 e. The first-order valence-corrected chi connectivity index (χ1v) is 8.99. The molecule has 2 atom stereocenters. The Morgan fingerprint density at radius 1 is 1.16 bits per heavy atom. The SMILES string of the molecule is CCC(CC)Cn1cncc1CC(NC(CC(C)C)C(=O)O)C(=O)O. The van der Waals surface area contributed by atoms with Gasteiger partial charge < -0.3 is 14.8 Å². The molecule has 7 heteroatoms. The lowest BCUT2D eigenvalue weighted by Gasteiger charge is -2.22. The van der Waals surface area contributed by atoms with E-state index in [1.165, 1.54) is 0 Å². The number of carbonyl (C=O) groups is 2. The molecule has 0 aliphatic heterocycles. The maximum atomic E-state index is 11.6. The van der Waals surface area contributed by atoms with Crippen LogP contribution < -0.4 is 5.32 Å². The third-order valence-electron chi connectivity index (χ3n) is 4.53. The van der Waals surface area contributed by atoms with E-state index >= 15 is 0 Å². The average molecular weight is 353 g/mol. The Morgan fingerprint density at radius 2 is 1.76 bits per heavy atom. The summed E-state index contributed by atoms with van der Waals surface area (Å²) in [6, 6.07) is -1.84. The van der Waals surface area contributed by atoms with E-state index in [4.69, 9.17) is 0 Å². The Kier molecular flexibility index (Phi) is 8.61. The lowest BCUT2D eigenvalue weighted by atomic mass is 10.0. The van der Waals surface area contributed by atoms with Crippen molar-refractivity contribution in [3.8, 4) is 0 Å². The van der Waals surface area contributed by atoms with Crippen LogP contribution in [0.2, 0.25) is 0 Å². The number of rotatable bonds is 12. The highest BCUT2D eigenvalue weighted by Gasteiger charge is 2.27. The van der Waals surface area contributed by atoms with E-state index in [2.05, 4.69) is 24.1 Å². The number of aliphatic carboxylic acids is 2. The second kappa shape index (κ2) is 10.2. The largest absolute Gasteiger partial charge is 0.480 e. The summed E-state index contributed by atoms with van der Waals surface area (Å²) in [5.41, 5.74) is 0.806. The molecule has 0 fully saturated rings. The number of nitrogens with one attached hydrogen (secondary N) is 1. The van der Waals surface area contributed by atoms with Crippen LogP contribution >= 0.6 is 0 Å². The van der Waals surface area contributed by atoms with Crippen molar-refractivity contribution >= 4 is 11.9 Å². The Labute approximate surface area is 149 Å². The molecule has 0 aliphatic rings. The molecule has 25 heavy (non-hydrogen) atoms. The second-order valence-electron chi connectivity index (χ2n) is 7.00. The molecule has 0 spiro atoms. The molecular weight excluding hydrogens is 322 g/mol. The summed E-state index contributed by atoms with van der Waals surface area (Å²) in [6.45, 7) is 8.89. The fourth-order valence-electron chi connectivity index (χ4n) is 2.89. The maximum absolute atomic E-state index is 11.6. The van der Waals surface area contributed by atoms with Crippen LogP contribution in [0.15, 0.2) is 12.5 Å². The normalized spacial score (nSPS) is 14.0. The number of carboxylic acid groups (broad SMARTS) is 2. The molecule has 1 rings (SSSR count). The monoisotopic (exact) mass is 353 g/mol. The topological polar surface area (TPSA) is 104 Å². The van der Waals surface area contributed by atoms with E-state index in [1.807, 2.05) is 18.4 Å². The molecule has 1 aromatic heterocycles. The fraction of sp³-hybridized carbons (Fsp3) is 0.722. The lowest BCUT2D eigenvalue weighted by molar-refractivity contribution is -0.142. The first-order valence-electron chi connectivity index (χ1n) is 8.99. The summed E-state index contributed by atoms with van der Waals surface area (Å²) in [7, 11) is 0. The van der Waals surface area contributed by atoms with Gasteiger partial charge in [-0.05, 0) is 18.3 Å². The Bertz CT molecular complexity index is 552. The van der Waals surface area contributed by atoms with Crippen molar-refractivity contribution in [1.82, 2.24) is 14.9 Å². The van der Waals surface area contributed by atoms with Crippen LogP contribution in [0.1, 0.15) is 52.7 Å². The summed E-state index contributed by atoms with van der Waals surface area (Å²) < 4.78 is 1.98. The van der Waals surface area contributed by atoms with Gasteiger partial charge in [0.15, 0.2) is 0 Å². The Hall–Kier alpha value is -1.89. The molecule has 1 aromatic rings. The third-order valence-corrected chi connectivity index (χ3v) is 4.53. The molecule has 0 radical (unpaired) electrons. The van der Waals surface area contributed by atoms with Gasteiger partial charge in [-0.3, -0.25) is 14.9 Å². The Balaban J connectivity index is 2.87. The number of carboxylic acids is 2. The van der Waals surface area contributed by atoms with Crippen molar-refractivity contribution in [2.45, 2.75) is 72.0 Å². The number of hydrogen-bond acceptors (Lipinski definition) is 4. The maximum Gasteiger partial charge on any atom is 0.321 e. The summed E-state index contributed by atoms with van der Waals surface area (Å²) in [5.74, 6) is -1.41. The highest BCUT2D eigenvalue weighted by Crippen LogP contribution is 2.14. The van der Waals surface area contributed by atoms with Crippen molar-refractivity contribution in [2.75, 3.05) is 0 Å². The van der Waals surface area contributed by atoms with E-state index in [0.29, 0.717) is 12.3 Å². The minimum Gasteiger partial charge on any atom is -0.480 e. The molecule has 3 N–H and O–H groups in total. The van der Waals surface area contributed by atoms with Crippen LogP contribution in [0.4, 0.5) is 0 Å². The van der Waals surface area contributed by atoms with Crippen LogP contribution in [0, 0.1) is 11.8 Å². The van der Waals surface area contributed by atoms with Gasteiger partial charge in [0.25, 0.3) is 0 Å². The van der Waals surface area contributed by atoms with Crippen molar-refractivity contribution in [2.24, 2.45) is 11.8 Å². The number of aromatic nitrogens is 2. The highest BCUT2D eigenvalue weighted by molar-refractivity contribution is 5.77. The summed E-state index contributed by atoms with van der Waals surface area (Å²) in [5, 5.41) is 21.7. The van der Waals surface area contributed by atoms with Gasteiger partial charge >= 0.3 is 11.9 Å². The number of nitrogens with zero attached hydrogens (tertiary/aromatic N) is 2. The molecule has 1 heterocycles. The third kappa shape index (κ3) is 6.86. The minimum atomic E-state index is -1.05. The van der Waals surface area contributed by atoms with Crippen LogP contribution in [0.3, 0.4) is 0 Å². The summed E-state index contributed by atoms with van der Waals surface area (Å²) in [6.07, 6.45) is 6.06. The van der Waals surface area contributed by atoms with E-state index in [0.717, 1.165) is 25.1 Å². The van der Waals surface area contributed by atoms with Crippen LogP contribution in [-0.2, 0) is 22.6 Å². The highest BCUT2D eigenvalue weighted by atomic mass is 16.4. The van der Waals surface area contributed by atoms with E-state index in [9.17, 15) is 19.8 Å².